The molecule has 1 fully saturated rings. The highest BCUT2D eigenvalue weighted by atomic mass is 127. The average Bonchev–Trinajstić information content (AvgIpc) is 2.51. The summed E-state index contributed by atoms with van der Waals surface area (Å²) in [5.41, 5.74) is 1.07. The van der Waals surface area contributed by atoms with E-state index in [1.54, 1.807) is 20.9 Å². The average molecular weight is 514 g/mol. The Morgan fingerprint density at radius 3 is 2.38 bits per heavy atom. The summed E-state index contributed by atoms with van der Waals surface area (Å²) in [6.45, 7) is 9.45. The summed E-state index contributed by atoms with van der Waals surface area (Å²) in [5, 5.41) is 4.13. The predicted octanol–water partition coefficient (Wildman–Crippen LogP) is 3.32. The van der Waals surface area contributed by atoms with Gasteiger partial charge < -0.3 is 10.2 Å². The van der Waals surface area contributed by atoms with Crippen LogP contribution in [0.1, 0.15) is 33.3 Å². The first-order valence-corrected chi connectivity index (χ1v) is 10.5. The van der Waals surface area contributed by atoms with Crippen LogP contribution in [0, 0.1) is 0 Å². The van der Waals surface area contributed by atoms with Gasteiger partial charge in [0.1, 0.15) is 0 Å². The molecule has 1 N–H and O–H groups in total. The second-order valence-electron chi connectivity index (χ2n) is 7.79. The molecular formula is C18H29ClIN3O2S. The van der Waals surface area contributed by atoms with Gasteiger partial charge in [0.15, 0.2) is 15.8 Å². The summed E-state index contributed by atoms with van der Waals surface area (Å²) >= 11 is 5.97. The number of nitrogens with zero attached hydrogens (tertiary/aromatic N) is 2. The van der Waals surface area contributed by atoms with E-state index < -0.39 is 14.6 Å². The molecule has 0 atom stereocenters. The third-order valence-corrected chi connectivity index (χ3v) is 7.65. The van der Waals surface area contributed by atoms with Crippen LogP contribution in [0.15, 0.2) is 29.3 Å². The molecule has 2 rings (SSSR count). The molecular weight excluding hydrogens is 485 g/mol. The predicted molar refractivity (Wildman–Crippen MR) is 121 cm³/mol. The summed E-state index contributed by atoms with van der Waals surface area (Å²) in [5.74, 6) is 0.895. The molecule has 148 valence electrons. The lowest BCUT2D eigenvalue weighted by molar-refractivity contribution is 0.349. The molecule has 1 aliphatic rings. The lowest BCUT2D eigenvalue weighted by Crippen LogP contribution is -2.58. The maximum absolute atomic E-state index is 12.2. The minimum Gasteiger partial charge on any atom is -0.355 e. The molecule has 0 radical (unpaired) electrons. The second-order valence-corrected chi connectivity index (χ2v) is 11.0. The van der Waals surface area contributed by atoms with E-state index >= 15 is 0 Å². The van der Waals surface area contributed by atoms with E-state index in [9.17, 15) is 8.42 Å². The van der Waals surface area contributed by atoms with Crippen molar-refractivity contribution in [1.82, 2.24) is 10.2 Å². The van der Waals surface area contributed by atoms with Crippen LogP contribution in [-0.4, -0.2) is 56.5 Å². The minimum absolute atomic E-state index is 0. The van der Waals surface area contributed by atoms with Crippen molar-refractivity contribution >= 4 is 51.4 Å². The molecule has 0 aromatic heterocycles. The second kappa shape index (κ2) is 8.65. The summed E-state index contributed by atoms with van der Waals surface area (Å²) < 4.78 is 23.6. The highest BCUT2D eigenvalue weighted by molar-refractivity contribution is 14.0. The molecule has 0 spiro atoms. The molecule has 0 unspecified atom stereocenters. The van der Waals surface area contributed by atoms with Gasteiger partial charge in [0.05, 0.1) is 10.5 Å². The zero-order valence-electron chi connectivity index (χ0n) is 16.0. The molecule has 0 aliphatic carbocycles. The Morgan fingerprint density at radius 1 is 1.31 bits per heavy atom. The first kappa shape index (κ1) is 23.5. The summed E-state index contributed by atoms with van der Waals surface area (Å²) in [4.78, 5) is 6.38. The van der Waals surface area contributed by atoms with Crippen molar-refractivity contribution in [3.8, 4) is 0 Å². The summed E-state index contributed by atoms with van der Waals surface area (Å²) in [7, 11) is -1.33. The van der Waals surface area contributed by atoms with E-state index in [1.807, 2.05) is 29.2 Å². The van der Waals surface area contributed by atoms with Gasteiger partial charge in [-0.2, -0.15) is 0 Å². The van der Waals surface area contributed by atoms with E-state index in [1.165, 1.54) is 5.56 Å². The molecule has 0 amide bonds. The van der Waals surface area contributed by atoms with Crippen LogP contribution >= 0.6 is 35.6 Å². The largest absolute Gasteiger partial charge is 0.355 e. The lowest BCUT2D eigenvalue weighted by atomic mass is 9.84. The van der Waals surface area contributed by atoms with E-state index in [-0.39, 0.29) is 35.1 Å². The van der Waals surface area contributed by atoms with Gasteiger partial charge in [-0.3, -0.25) is 4.99 Å². The Hall–Kier alpha value is -0.540. The molecule has 1 aromatic rings. The number of nitrogens with one attached hydrogen (secondary N) is 1. The number of rotatable bonds is 3. The molecule has 1 aromatic carbocycles. The van der Waals surface area contributed by atoms with Crippen molar-refractivity contribution in [3.63, 3.8) is 0 Å². The third kappa shape index (κ3) is 5.25. The monoisotopic (exact) mass is 513 g/mol. The number of benzene rings is 1. The van der Waals surface area contributed by atoms with Crippen LogP contribution < -0.4 is 5.32 Å². The van der Waals surface area contributed by atoms with Gasteiger partial charge >= 0.3 is 0 Å². The number of aliphatic imine (C=N–C) groups is 1. The highest BCUT2D eigenvalue weighted by Crippen LogP contribution is 2.25. The standard InChI is InChI=1S/C18H28ClN3O2S.HI/c1-17(2,14-6-8-15(19)9-7-14)12-21-16(20-5)22-10-11-25(23,24)18(3,4)13-22;/h6-9H,10-13H2,1-5H3,(H,20,21);1H. The van der Waals surface area contributed by atoms with Crippen LogP contribution in [0.3, 0.4) is 0 Å². The first-order chi connectivity index (χ1) is 11.5. The molecule has 8 heteroatoms. The quantitative estimate of drug-likeness (QED) is 0.383. The van der Waals surface area contributed by atoms with Crippen LogP contribution in [0.2, 0.25) is 5.02 Å². The van der Waals surface area contributed by atoms with E-state index in [0.717, 1.165) is 11.0 Å². The van der Waals surface area contributed by atoms with Gasteiger partial charge in [0.25, 0.3) is 0 Å². The van der Waals surface area contributed by atoms with Crippen molar-refractivity contribution < 1.29 is 8.42 Å². The van der Waals surface area contributed by atoms with Gasteiger partial charge in [-0.05, 0) is 31.5 Å². The molecule has 5 nitrogen and oxygen atoms in total. The fourth-order valence-corrected chi connectivity index (χ4v) is 4.45. The van der Waals surface area contributed by atoms with Crippen molar-refractivity contribution in [2.75, 3.05) is 32.4 Å². The zero-order valence-corrected chi connectivity index (χ0v) is 19.9. The Kier molecular flexibility index (Phi) is 7.81. The van der Waals surface area contributed by atoms with Crippen LogP contribution in [-0.2, 0) is 15.3 Å². The zero-order chi connectivity index (χ0) is 18.9. The lowest BCUT2D eigenvalue weighted by Gasteiger charge is -2.40. The van der Waals surface area contributed by atoms with Gasteiger partial charge in [0, 0.05) is 37.1 Å². The molecule has 1 saturated heterocycles. The van der Waals surface area contributed by atoms with Gasteiger partial charge in [-0.25, -0.2) is 8.42 Å². The Balaban J connectivity index is 0.00000338. The highest BCUT2D eigenvalue weighted by Gasteiger charge is 2.41. The van der Waals surface area contributed by atoms with Crippen LogP contribution in [0.5, 0.6) is 0 Å². The Morgan fingerprint density at radius 2 is 1.88 bits per heavy atom. The summed E-state index contributed by atoms with van der Waals surface area (Å²) in [6, 6.07) is 7.85. The van der Waals surface area contributed by atoms with Crippen molar-refractivity contribution in [2.24, 2.45) is 4.99 Å². The minimum atomic E-state index is -3.06. The smallest absolute Gasteiger partial charge is 0.193 e. The van der Waals surface area contributed by atoms with Gasteiger partial charge in [-0.1, -0.05) is 37.6 Å². The van der Waals surface area contributed by atoms with E-state index in [2.05, 4.69) is 24.2 Å². The summed E-state index contributed by atoms with van der Waals surface area (Å²) in [6.07, 6.45) is 0. The number of sulfone groups is 1. The number of guanidine groups is 1. The Bertz CT molecular complexity index is 746. The fourth-order valence-electron chi connectivity index (χ4n) is 2.96. The maximum Gasteiger partial charge on any atom is 0.193 e. The van der Waals surface area contributed by atoms with Crippen molar-refractivity contribution in [1.29, 1.82) is 0 Å². The van der Waals surface area contributed by atoms with Crippen molar-refractivity contribution in [3.05, 3.63) is 34.9 Å². The first-order valence-electron chi connectivity index (χ1n) is 8.42. The van der Waals surface area contributed by atoms with Crippen LogP contribution in [0.4, 0.5) is 0 Å². The molecule has 0 saturated carbocycles. The molecule has 26 heavy (non-hydrogen) atoms. The molecule has 1 aliphatic heterocycles. The number of hydrogen-bond donors (Lipinski definition) is 1. The Labute approximate surface area is 179 Å². The van der Waals surface area contributed by atoms with Gasteiger partial charge in [-0.15, -0.1) is 24.0 Å². The topological polar surface area (TPSA) is 61.8 Å². The number of hydrogen-bond acceptors (Lipinski definition) is 3. The SMILES string of the molecule is CN=C(NCC(C)(C)c1ccc(Cl)cc1)N1CCS(=O)(=O)C(C)(C)C1.I. The van der Waals surface area contributed by atoms with Crippen LogP contribution in [0.25, 0.3) is 0 Å². The van der Waals surface area contributed by atoms with E-state index in [0.29, 0.717) is 19.6 Å². The molecule has 1 heterocycles. The maximum atomic E-state index is 12.2. The molecule has 0 bridgehead atoms. The van der Waals surface area contributed by atoms with E-state index in [4.69, 9.17) is 11.6 Å². The number of halogens is 2. The van der Waals surface area contributed by atoms with Crippen molar-refractivity contribution in [2.45, 2.75) is 37.9 Å². The van der Waals surface area contributed by atoms with Gasteiger partial charge in [0.2, 0.25) is 0 Å². The fraction of sp³-hybridized carbons (Fsp3) is 0.611. The third-order valence-electron chi connectivity index (χ3n) is 4.87. The normalized spacial score (nSPS) is 19.6.